The largest absolute Gasteiger partial charge is 0.494 e. The van der Waals surface area contributed by atoms with E-state index in [0.29, 0.717) is 86.9 Å². The molecule has 0 saturated carbocycles. The predicted octanol–water partition coefficient (Wildman–Crippen LogP) is -1.25. The van der Waals surface area contributed by atoms with Gasteiger partial charge in [0, 0.05) is 142 Å². The second-order valence-electron chi connectivity index (χ2n) is 22.7. The number of carbonyl (C=O) groups excluding carboxylic acids is 5. The standard InChI is InChI=1S/C61H93N15O19S/c1-43-34-47(35-44(2)57(43)96(90,91)71-49(60(88)89)38-68-58(86)45-9-11-50-46(36-45)37-69-76(50)18-5-13-65-61-66-16-17-67-61)95-29-4-8-52(78)63-14-6-27-92-30-32-94-33-31-93-28-7-15-64-59(87)48(10-12-51(77)62-3)70-53(79)39-72-19-21-73(40-54(80)81)23-25-75(42-56(84)85)26-24-74(22-20-72)41-55(82)83/h9,11,16-17,34-37,48-49,71H,4-8,10,12-15,18-33,38-42H2,1-3H3,(H,62,77)(H,63,78)(H,64,87)(H,68,86)(H,70,79)(H,80,81)(H,82,83)(H,84,85)(H,88,89)(H2,65,66,67)/t48-,49?/m1/s1. The van der Waals surface area contributed by atoms with Gasteiger partial charge in [0.2, 0.25) is 33.7 Å². The zero-order valence-electron chi connectivity index (χ0n) is 54.6. The minimum absolute atomic E-state index is 0.00404. The number of rotatable bonds is 44. The van der Waals surface area contributed by atoms with Crippen molar-refractivity contribution in [3.05, 3.63) is 65.6 Å². The molecule has 3 heterocycles. The number of anilines is 1. The Morgan fingerprint density at radius 1 is 0.625 bits per heavy atom. The Morgan fingerprint density at radius 2 is 1.19 bits per heavy atom. The van der Waals surface area contributed by atoms with Gasteiger partial charge in [-0.05, 0) is 87.4 Å². The van der Waals surface area contributed by atoms with Gasteiger partial charge in [-0.25, -0.2) is 13.4 Å². The number of nitrogens with zero attached hydrogens (tertiary/aromatic N) is 7. The summed E-state index contributed by atoms with van der Waals surface area (Å²) in [7, 11) is -2.95. The SMILES string of the molecule is CNC(=O)CC[C@@H](NC(=O)CN1CCN(CC(=O)O)CCN(CC(=O)O)CCN(CC(=O)O)CC1)C(=O)NCCCOCCOCCOCCCNC(=O)CCCOc1cc(C)c(S(=O)(=O)NC(CNC(=O)c2ccc3c(cnn3CCCNc3ncc[nH]3)c2)C(=O)O)c(C)c1. The van der Waals surface area contributed by atoms with Crippen LogP contribution in [-0.2, 0) is 69.1 Å². The molecule has 5 rings (SSSR count). The van der Waals surface area contributed by atoms with E-state index in [9.17, 15) is 72.0 Å². The Labute approximate surface area is 556 Å². The molecule has 35 heteroatoms. The van der Waals surface area contributed by atoms with E-state index in [1.165, 1.54) is 19.2 Å². The van der Waals surface area contributed by atoms with Gasteiger partial charge in [-0.3, -0.25) is 67.4 Å². The maximum atomic E-state index is 13.6. The van der Waals surface area contributed by atoms with E-state index in [2.05, 4.69) is 51.7 Å². The second-order valence-corrected chi connectivity index (χ2v) is 24.4. The molecule has 34 nitrogen and oxygen atoms in total. The average molecular weight is 1370 g/mol. The zero-order valence-corrected chi connectivity index (χ0v) is 55.5. The van der Waals surface area contributed by atoms with Crippen LogP contribution in [0.5, 0.6) is 5.75 Å². The fraction of sp³-hybridized carbons (Fsp3) is 0.590. The van der Waals surface area contributed by atoms with Crippen molar-refractivity contribution in [2.45, 2.75) is 82.3 Å². The van der Waals surface area contributed by atoms with Crippen LogP contribution in [0.3, 0.4) is 0 Å². The Bertz CT molecular complexity index is 3210. The van der Waals surface area contributed by atoms with Gasteiger partial charge >= 0.3 is 23.9 Å². The highest BCUT2D eigenvalue weighted by molar-refractivity contribution is 7.89. The van der Waals surface area contributed by atoms with Gasteiger partial charge < -0.3 is 76.3 Å². The van der Waals surface area contributed by atoms with E-state index in [-0.39, 0.29) is 153 Å². The van der Waals surface area contributed by atoms with Gasteiger partial charge in [-0.15, -0.1) is 0 Å². The highest BCUT2D eigenvalue weighted by atomic mass is 32.2. The number of fused-ring (bicyclic) bond motifs is 1. The fourth-order valence-electron chi connectivity index (χ4n) is 10.2. The van der Waals surface area contributed by atoms with Gasteiger partial charge in [0.05, 0.1) is 75.8 Å². The number of aromatic nitrogens is 4. The van der Waals surface area contributed by atoms with E-state index >= 15 is 0 Å². The lowest BCUT2D eigenvalue weighted by Gasteiger charge is -2.33. The third kappa shape index (κ3) is 29.7. The Balaban J connectivity index is 0.904. The highest BCUT2D eigenvalue weighted by Gasteiger charge is 2.30. The van der Waals surface area contributed by atoms with Crippen LogP contribution in [0.25, 0.3) is 10.9 Å². The van der Waals surface area contributed by atoms with Crippen molar-refractivity contribution in [1.82, 2.24) is 70.7 Å². The van der Waals surface area contributed by atoms with Crippen molar-refractivity contribution in [3.8, 4) is 5.75 Å². The molecule has 0 radical (unpaired) electrons. The first kappa shape index (κ1) is 78.3. The van der Waals surface area contributed by atoms with Crippen LogP contribution in [0.4, 0.5) is 5.95 Å². The maximum Gasteiger partial charge on any atom is 0.323 e. The summed E-state index contributed by atoms with van der Waals surface area (Å²) in [5.41, 5.74) is 1.63. The van der Waals surface area contributed by atoms with Gasteiger partial charge in [-0.2, -0.15) is 9.82 Å². The highest BCUT2D eigenvalue weighted by Crippen LogP contribution is 2.26. The number of aromatic amines is 1. The van der Waals surface area contributed by atoms with Crippen molar-refractivity contribution in [1.29, 1.82) is 0 Å². The van der Waals surface area contributed by atoms with Crippen molar-refractivity contribution in [2.75, 3.05) is 163 Å². The molecule has 1 aliphatic heterocycles. The molecule has 532 valence electrons. The molecule has 1 saturated heterocycles. The van der Waals surface area contributed by atoms with E-state index in [1.54, 1.807) is 70.2 Å². The van der Waals surface area contributed by atoms with E-state index in [0.717, 1.165) is 11.9 Å². The third-order valence-corrected chi connectivity index (χ3v) is 16.9. The Kier molecular flexibility index (Phi) is 34.4. The van der Waals surface area contributed by atoms with Crippen LogP contribution in [0, 0.1) is 13.8 Å². The molecular weight excluding hydrogens is 1280 g/mol. The first-order valence-corrected chi connectivity index (χ1v) is 33.3. The number of sulfonamides is 1. The number of hydrogen-bond acceptors (Lipinski definition) is 22. The van der Waals surface area contributed by atoms with Crippen molar-refractivity contribution >= 4 is 80.3 Å². The summed E-state index contributed by atoms with van der Waals surface area (Å²) in [4.78, 5) is 125. The number of carboxylic acids is 4. The number of nitrogens with one attached hydrogen (secondary N) is 8. The molecule has 0 spiro atoms. The first-order chi connectivity index (χ1) is 46.0. The minimum Gasteiger partial charge on any atom is -0.494 e. The number of hydrogen-bond donors (Lipinski definition) is 12. The molecule has 1 unspecified atom stereocenters. The normalized spacial score (nSPS) is 14.5. The predicted molar refractivity (Wildman–Crippen MR) is 348 cm³/mol. The number of carboxylic acid groups (broad SMARTS) is 4. The number of aryl methyl sites for hydroxylation is 3. The first-order valence-electron chi connectivity index (χ1n) is 31.8. The lowest BCUT2D eigenvalue weighted by molar-refractivity contribution is -0.140. The molecule has 2 aromatic heterocycles. The van der Waals surface area contributed by atoms with Crippen LogP contribution >= 0.6 is 0 Å². The summed E-state index contributed by atoms with van der Waals surface area (Å²) in [6.45, 7) is 6.84. The zero-order chi connectivity index (χ0) is 69.8. The summed E-state index contributed by atoms with van der Waals surface area (Å²) in [6, 6.07) is 5.20. The molecule has 5 amide bonds. The van der Waals surface area contributed by atoms with Gasteiger partial charge in [-0.1, -0.05) is 0 Å². The van der Waals surface area contributed by atoms with Crippen molar-refractivity contribution in [2.24, 2.45) is 0 Å². The van der Waals surface area contributed by atoms with E-state index < -0.39 is 70.3 Å². The molecule has 2 atom stereocenters. The second kappa shape index (κ2) is 42.2. The van der Waals surface area contributed by atoms with Crippen molar-refractivity contribution in [3.63, 3.8) is 0 Å². The molecule has 1 fully saturated rings. The lowest BCUT2D eigenvalue weighted by Crippen LogP contribution is -2.52. The summed E-state index contributed by atoms with van der Waals surface area (Å²) in [6.07, 6.45) is 7.21. The van der Waals surface area contributed by atoms with Gasteiger partial charge in [0.15, 0.2) is 5.95 Å². The molecular formula is C61H93N15O19S. The van der Waals surface area contributed by atoms with Crippen LogP contribution in [0.15, 0.2) is 53.8 Å². The Hall–Kier alpha value is -8.42. The molecule has 0 bridgehead atoms. The summed E-state index contributed by atoms with van der Waals surface area (Å²) in [5, 5.41) is 60.1. The molecule has 0 aliphatic carbocycles. The number of ether oxygens (including phenoxy) is 4. The van der Waals surface area contributed by atoms with Crippen LogP contribution in [0.2, 0.25) is 0 Å². The molecule has 96 heavy (non-hydrogen) atoms. The fourth-order valence-corrected chi connectivity index (χ4v) is 11.8. The smallest absolute Gasteiger partial charge is 0.323 e. The van der Waals surface area contributed by atoms with Gasteiger partial charge in [0.1, 0.15) is 17.8 Å². The number of benzene rings is 2. The van der Waals surface area contributed by atoms with Crippen LogP contribution in [0.1, 0.15) is 66.4 Å². The van der Waals surface area contributed by atoms with Gasteiger partial charge in [0.25, 0.3) is 5.91 Å². The number of H-pyrrole nitrogens is 1. The maximum absolute atomic E-state index is 13.6. The molecule has 4 aromatic rings. The molecule has 2 aromatic carbocycles. The van der Waals surface area contributed by atoms with E-state index in [4.69, 9.17) is 18.9 Å². The number of imidazole rings is 1. The minimum atomic E-state index is -4.40. The van der Waals surface area contributed by atoms with E-state index in [1.807, 2.05) is 4.68 Å². The average Bonchev–Trinajstić information content (AvgIpc) is 1.14. The van der Waals surface area contributed by atoms with Crippen LogP contribution < -0.4 is 41.4 Å². The summed E-state index contributed by atoms with van der Waals surface area (Å²) >= 11 is 0. The monoisotopic (exact) mass is 1370 g/mol. The quantitative estimate of drug-likeness (QED) is 0.0230. The lowest BCUT2D eigenvalue weighted by atomic mass is 10.1. The third-order valence-electron chi connectivity index (χ3n) is 15.1. The summed E-state index contributed by atoms with van der Waals surface area (Å²) < 4.78 is 53.9. The Morgan fingerprint density at radius 3 is 1.73 bits per heavy atom. The van der Waals surface area contributed by atoms with Crippen LogP contribution in [-0.4, -0.2) is 292 Å². The molecule has 1 aliphatic rings. The molecule has 12 N–H and O–H groups in total. The topological polar surface area (TPSA) is 449 Å². The number of aliphatic carboxylic acids is 4. The number of carbonyl (C=O) groups is 9. The van der Waals surface area contributed by atoms with Crippen molar-refractivity contribution < 1.29 is 90.9 Å². The summed E-state index contributed by atoms with van der Waals surface area (Å²) in [5.74, 6) is -5.89. The number of amides is 5.